The SMILES string of the molecule is COc1cccc(C(=O)NCC(=O)NCc2ccco2)c1OC(F)F. The zero-order valence-electron chi connectivity index (χ0n) is 13.3. The Balaban J connectivity index is 1.96. The Hall–Kier alpha value is -3.10. The Morgan fingerprint density at radius 1 is 1.20 bits per heavy atom. The summed E-state index contributed by atoms with van der Waals surface area (Å²) < 4.78 is 39.4. The van der Waals surface area contributed by atoms with Crippen molar-refractivity contribution in [3.63, 3.8) is 0 Å². The van der Waals surface area contributed by atoms with Crippen LogP contribution < -0.4 is 20.1 Å². The van der Waals surface area contributed by atoms with Crippen molar-refractivity contribution in [1.82, 2.24) is 10.6 Å². The average Bonchev–Trinajstić information content (AvgIpc) is 3.11. The largest absolute Gasteiger partial charge is 0.493 e. The van der Waals surface area contributed by atoms with Crippen LogP contribution >= 0.6 is 0 Å². The highest BCUT2D eigenvalue weighted by Crippen LogP contribution is 2.32. The van der Waals surface area contributed by atoms with E-state index in [4.69, 9.17) is 9.15 Å². The van der Waals surface area contributed by atoms with Crippen molar-refractivity contribution in [3.8, 4) is 11.5 Å². The van der Waals surface area contributed by atoms with Gasteiger partial charge in [0, 0.05) is 0 Å². The Bertz CT molecular complexity index is 719. The molecule has 0 aliphatic rings. The van der Waals surface area contributed by atoms with E-state index >= 15 is 0 Å². The van der Waals surface area contributed by atoms with Gasteiger partial charge in [-0.05, 0) is 24.3 Å². The fraction of sp³-hybridized carbons (Fsp3) is 0.250. The van der Waals surface area contributed by atoms with E-state index in [0.717, 1.165) is 0 Å². The van der Waals surface area contributed by atoms with Crippen LogP contribution in [0.5, 0.6) is 11.5 Å². The van der Waals surface area contributed by atoms with Crippen LogP contribution in [-0.4, -0.2) is 32.1 Å². The van der Waals surface area contributed by atoms with Crippen molar-refractivity contribution in [2.45, 2.75) is 13.2 Å². The number of alkyl halides is 2. The summed E-state index contributed by atoms with van der Waals surface area (Å²) in [5.74, 6) is -1.07. The third-order valence-electron chi connectivity index (χ3n) is 3.10. The summed E-state index contributed by atoms with van der Waals surface area (Å²) in [6, 6.07) is 7.48. The van der Waals surface area contributed by atoms with Gasteiger partial charge >= 0.3 is 6.61 Å². The maximum absolute atomic E-state index is 12.5. The van der Waals surface area contributed by atoms with Crippen molar-refractivity contribution in [2.24, 2.45) is 0 Å². The number of amides is 2. The molecular formula is C16H16F2N2O5. The second kappa shape index (κ2) is 8.67. The first-order valence-corrected chi connectivity index (χ1v) is 7.20. The number of nitrogens with one attached hydrogen (secondary N) is 2. The number of methoxy groups -OCH3 is 1. The minimum Gasteiger partial charge on any atom is -0.493 e. The molecule has 9 heteroatoms. The molecule has 0 unspecified atom stereocenters. The molecular weight excluding hydrogens is 338 g/mol. The number of benzene rings is 1. The highest BCUT2D eigenvalue weighted by atomic mass is 19.3. The molecule has 1 aromatic heterocycles. The highest BCUT2D eigenvalue weighted by molar-refractivity contribution is 5.99. The van der Waals surface area contributed by atoms with Crippen molar-refractivity contribution in [3.05, 3.63) is 47.9 Å². The number of furan rings is 1. The Morgan fingerprint density at radius 3 is 2.64 bits per heavy atom. The summed E-state index contributed by atoms with van der Waals surface area (Å²) in [6.07, 6.45) is 1.47. The number of carbonyl (C=O) groups is 2. The zero-order chi connectivity index (χ0) is 18.2. The number of halogens is 2. The smallest absolute Gasteiger partial charge is 0.387 e. The third-order valence-corrected chi connectivity index (χ3v) is 3.10. The molecule has 0 fully saturated rings. The van der Waals surface area contributed by atoms with Crippen LogP contribution in [-0.2, 0) is 11.3 Å². The van der Waals surface area contributed by atoms with Gasteiger partial charge in [0.25, 0.3) is 5.91 Å². The van der Waals surface area contributed by atoms with Crippen LogP contribution in [0.3, 0.4) is 0 Å². The monoisotopic (exact) mass is 354 g/mol. The zero-order valence-corrected chi connectivity index (χ0v) is 13.3. The van der Waals surface area contributed by atoms with Gasteiger partial charge in [-0.3, -0.25) is 9.59 Å². The molecule has 0 bridgehead atoms. The van der Waals surface area contributed by atoms with Gasteiger partial charge in [0.1, 0.15) is 5.76 Å². The van der Waals surface area contributed by atoms with Crippen LogP contribution in [0.25, 0.3) is 0 Å². The first-order valence-electron chi connectivity index (χ1n) is 7.20. The summed E-state index contributed by atoms with van der Waals surface area (Å²) in [5, 5.41) is 4.87. The van der Waals surface area contributed by atoms with Crippen LogP contribution in [0.4, 0.5) is 8.78 Å². The van der Waals surface area contributed by atoms with Crippen LogP contribution in [0.15, 0.2) is 41.0 Å². The molecule has 25 heavy (non-hydrogen) atoms. The van der Waals surface area contributed by atoms with E-state index in [-0.39, 0.29) is 24.4 Å². The summed E-state index contributed by atoms with van der Waals surface area (Å²) >= 11 is 0. The first-order chi connectivity index (χ1) is 12.0. The molecule has 0 spiro atoms. The van der Waals surface area contributed by atoms with E-state index in [9.17, 15) is 18.4 Å². The lowest BCUT2D eigenvalue weighted by atomic mass is 10.1. The number of carbonyl (C=O) groups excluding carboxylic acids is 2. The van der Waals surface area contributed by atoms with E-state index in [1.807, 2.05) is 0 Å². The lowest BCUT2D eigenvalue weighted by Gasteiger charge is -2.14. The molecule has 0 radical (unpaired) electrons. The molecule has 2 amide bonds. The predicted octanol–water partition coefficient (Wildman–Crippen LogP) is 1.94. The van der Waals surface area contributed by atoms with Gasteiger partial charge in [0.05, 0.1) is 32.0 Å². The molecule has 0 atom stereocenters. The average molecular weight is 354 g/mol. The van der Waals surface area contributed by atoms with Crippen molar-refractivity contribution >= 4 is 11.8 Å². The molecule has 0 saturated carbocycles. The van der Waals surface area contributed by atoms with Gasteiger partial charge in [-0.15, -0.1) is 0 Å². The lowest BCUT2D eigenvalue weighted by molar-refractivity contribution is -0.120. The molecule has 0 aliphatic heterocycles. The van der Waals surface area contributed by atoms with E-state index in [1.165, 1.54) is 31.6 Å². The van der Waals surface area contributed by atoms with E-state index in [1.54, 1.807) is 12.1 Å². The fourth-order valence-corrected chi connectivity index (χ4v) is 1.98. The summed E-state index contributed by atoms with van der Waals surface area (Å²) in [5.41, 5.74) is -0.168. The van der Waals surface area contributed by atoms with Gasteiger partial charge in [-0.25, -0.2) is 0 Å². The summed E-state index contributed by atoms with van der Waals surface area (Å²) in [6.45, 7) is -3.30. The standard InChI is InChI=1S/C16H16F2N2O5/c1-23-12-6-2-5-11(14(12)25-16(17)18)15(22)20-9-13(21)19-8-10-4-3-7-24-10/h2-7,16H,8-9H2,1H3,(H,19,21)(H,20,22). The second-order valence-electron chi connectivity index (χ2n) is 4.75. The number of rotatable bonds is 8. The topological polar surface area (TPSA) is 89.8 Å². The van der Waals surface area contributed by atoms with Gasteiger partial charge < -0.3 is 24.5 Å². The van der Waals surface area contributed by atoms with Crippen molar-refractivity contribution in [2.75, 3.05) is 13.7 Å². The predicted molar refractivity (Wildman–Crippen MR) is 82.5 cm³/mol. The maximum Gasteiger partial charge on any atom is 0.387 e. The van der Waals surface area contributed by atoms with E-state index in [2.05, 4.69) is 15.4 Å². The number of hydrogen-bond donors (Lipinski definition) is 2. The van der Waals surface area contributed by atoms with Gasteiger partial charge in [-0.2, -0.15) is 8.78 Å². The molecule has 2 aromatic rings. The number of ether oxygens (including phenoxy) is 2. The quantitative estimate of drug-likeness (QED) is 0.756. The van der Waals surface area contributed by atoms with Crippen molar-refractivity contribution < 1.29 is 32.3 Å². The third kappa shape index (κ3) is 5.20. The van der Waals surface area contributed by atoms with Gasteiger partial charge in [0.2, 0.25) is 5.91 Å². The normalized spacial score (nSPS) is 10.4. The minimum atomic E-state index is -3.13. The molecule has 0 saturated heterocycles. The number of hydrogen-bond acceptors (Lipinski definition) is 5. The van der Waals surface area contributed by atoms with Gasteiger partial charge in [0.15, 0.2) is 11.5 Å². The Labute approximate surface area is 141 Å². The van der Waals surface area contributed by atoms with Crippen molar-refractivity contribution in [1.29, 1.82) is 0 Å². The Morgan fingerprint density at radius 2 is 2.00 bits per heavy atom. The number of para-hydroxylation sites is 1. The van der Waals surface area contributed by atoms with Crippen LogP contribution in [0, 0.1) is 0 Å². The molecule has 7 nitrogen and oxygen atoms in total. The molecule has 134 valence electrons. The molecule has 1 heterocycles. The summed E-state index contributed by atoms with van der Waals surface area (Å²) in [7, 11) is 1.26. The van der Waals surface area contributed by atoms with E-state index in [0.29, 0.717) is 5.76 Å². The van der Waals surface area contributed by atoms with E-state index < -0.39 is 24.2 Å². The fourth-order valence-electron chi connectivity index (χ4n) is 1.98. The molecule has 2 rings (SSSR count). The minimum absolute atomic E-state index is 0.0183. The second-order valence-corrected chi connectivity index (χ2v) is 4.75. The van der Waals surface area contributed by atoms with Crippen LogP contribution in [0.1, 0.15) is 16.1 Å². The first kappa shape index (κ1) is 18.2. The maximum atomic E-state index is 12.5. The molecule has 1 aromatic carbocycles. The lowest BCUT2D eigenvalue weighted by Crippen LogP contribution is -2.36. The summed E-state index contributed by atoms with van der Waals surface area (Å²) in [4.78, 5) is 23.9. The highest BCUT2D eigenvalue weighted by Gasteiger charge is 2.20. The molecule has 2 N–H and O–H groups in total. The molecule has 0 aliphatic carbocycles. The Kier molecular flexibility index (Phi) is 6.33. The van der Waals surface area contributed by atoms with Crippen LogP contribution in [0.2, 0.25) is 0 Å². The van der Waals surface area contributed by atoms with Gasteiger partial charge in [-0.1, -0.05) is 6.07 Å².